The van der Waals surface area contributed by atoms with Gasteiger partial charge in [-0.15, -0.1) is 0 Å². The predicted octanol–water partition coefficient (Wildman–Crippen LogP) is 3.88. The van der Waals surface area contributed by atoms with Gasteiger partial charge in [0.15, 0.2) is 0 Å². The molecule has 21 heavy (non-hydrogen) atoms. The summed E-state index contributed by atoms with van der Waals surface area (Å²) in [6, 6.07) is 12.1. The Kier molecular flexibility index (Phi) is 5.36. The van der Waals surface area contributed by atoms with E-state index in [0.717, 1.165) is 10.0 Å². The first-order chi connectivity index (χ1) is 10.1. The minimum absolute atomic E-state index is 0.308. The zero-order valence-electron chi connectivity index (χ0n) is 11.1. The van der Waals surface area contributed by atoms with Crippen LogP contribution in [0.15, 0.2) is 52.0 Å². The van der Waals surface area contributed by atoms with Crippen LogP contribution in [-0.2, 0) is 0 Å². The summed E-state index contributed by atoms with van der Waals surface area (Å²) in [4.78, 5) is 11.9. The number of hydrogen-bond donors (Lipinski definition) is 1. The minimum Gasteiger partial charge on any atom is -0.496 e. The molecule has 0 aliphatic heterocycles. The summed E-state index contributed by atoms with van der Waals surface area (Å²) >= 11 is 9.14. The molecule has 6 heteroatoms. The van der Waals surface area contributed by atoms with Crippen LogP contribution in [0.25, 0.3) is 0 Å². The van der Waals surface area contributed by atoms with Crippen molar-refractivity contribution in [1.29, 1.82) is 0 Å². The van der Waals surface area contributed by atoms with Gasteiger partial charge in [-0.25, -0.2) is 5.43 Å². The fourth-order valence-corrected chi connectivity index (χ4v) is 2.14. The van der Waals surface area contributed by atoms with Crippen molar-refractivity contribution in [2.24, 2.45) is 5.10 Å². The Hall–Kier alpha value is -1.85. The summed E-state index contributed by atoms with van der Waals surface area (Å²) < 4.78 is 6.11. The van der Waals surface area contributed by atoms with Gasteiger partial charge >= 0.3 is 0 Å². The van der Waals surface area contributed by atoms with E-state index in [9.17, 15) is 4.79 Å². The molecule has 0 spiro atoms. The second kappa shape index (κ2) is 7.24. The largest absolute Gasteiger partial charge is 0.496 e. The molecule has 0 heterocycles. The van der Waals surface area contributed by atoms with Gasteiger partial charge in [0.05, 0.1) is 13.3 Å². The van der Waals surface area contributed by atoms with Crippen LogP contribution >= 0.6 is 27.5 Å². The highest BCUT2D eigenvalue weighted by molar-refractivity contribution is 9.10. The van der Waals surface area contributed by atoms with Crippen molar-refractivity contribution in [3.63, 3.8) is 0 Å². The molecule has 0 aliphatic carbocycles. The van der Waals surface area contributed by atoms with E-state index in [1.165, 1.54) is 6.21 Å². The number of halogens is 2. The molecule has 1 amide bonds. The van der Waals surface area contributed by atoms with Gasteiger partial charge in [-0.1, -0.05) is 27.5 Å². The van der Waals surface area contributed by atoms with Crippen LogP contribution < -0.4 is 10.2 Å². The second-order valence-electron chi connectivity index (χ2n) is 4.09. The number of hydrogen-bond acceptors (Lipinski definition) is 3. The summed E-state index contributed by atoms with van der Waals surface area (Å²) in [7, 11) is 1.58. The van der Waals surface area contributed by atoms with E-state index in [-0.39, 0.29) is 5.91 Å². The molecule has 0 radical (unpaired) electrons. The molecule has 108 valence electrons. The fourth-order valence-electron chi connectivity index (χ4n) is 1.63. The van der Waals surface area contributed by atoms with E-state index in [0.29, 0.717) is 16.3 Å². The number of benzene rings is 2. The second-order valence-corrected chi connectivity index (χ2v) is 5.44. The lowest BCUT2D eigenvalue weighted by Crippen LogP contribution is -2.17. The van der Waals surface area contributed by atoms with Crippen molar-refractivity contribution in [2.75, 3.05) is 7.11 Å². The third-order valence-electron chi connectivity index (χ3n) is 2.67. The standard InChI is InChI=1S/C15H12BrClN2O2/c1-21-14-7-4-12(16)8-11(14)9-18-19-15(20)10-2-5-13(17)6-3-10/h2-9H,1H3,(H,19,20)/b18-9-. The molecule has 0 aliphatic rings. The van der Waals surface area contributed by atoms with Gasteiger partial charge < -0.3 is 4.74 Å². The molecule has 1 N–H and O–H groups in total. The number of ether oxygens (including phenoxy) is 1. The number of amides is 1. The average molecular weight is 368 g/mol. The summed E-state index contributed by atoms with van der Waals surface area (Å²) in [6.45, 7) is 0. The van der Waals surface area contributed by atoms with Crippen molar-refractivity contribution in [3.05, 3.63) is 63.1 Å². The van der Waals surface area contributed by atoms with Crippen LogP contribution in [0.2, 0.25) is 5.02 Å². The Balaban J connectivity index is 2.07. The lowest BCUT2D eigenvalue weighted by molar-refractivity contribution is 0.0955. The fraction of sp³-hybridized carbons (Fsp3) is 0.0667. The van der Waals surface area contributed by atoms with Crippen LogP contribution in [0, 0.1) is 0 Å². The molecule has 0 saturated heterocycles. The maximum absolute atomic E-state index is 11.9. The average Bonchev–Trinajstić information content (AvgIpc) is 2.48. The number of nitrogens with zero attached hydrogens (tertiary/aromatic N) is 1. The lowest BCUT2D eigenvalue weighted by atomic mass is 10.2. The summed E-state index contributed by atoms with van der Waals surface area (Å²) in [6.07, 6.45) is 1.53. The van der Waals surface area contributed by atoms with Crippen LogP contribution in [0.1, 0.15) is 15.9 Å². The van der Waals surface area contributed by atoms with E-state index in [1.807, 2.05) is 18.2 Å². The van der Waals surface area contributed by atoms with E-state index in [2.05, 4.69) is 26.5 Å². The van der Waals surface area contributed by atoms with Crippen LogP contribution in [0.5, 0.6) is 5.75 Å². The maximum Gasteiger partial charge on any atom is 0.271 e. The van der Waals surface area contributed by atoms with E-state index >= 15 is 0 Å². The van der Waals surface area contributed by atoms with Crippen molar-refractivity contribution in [3.8, 4) is 5.75 Å². The highest BCUT2D eigenvalue weighted by Gasteiger charge is 2.04. The summed E-state index contributed by atoms with van der Waals surface area (Å²) in [5.41, 5.74) is 3.69. The Morgan fingerprint density at radius 3 is 2.67 bits per heavy atom. The molecule has 0 bridgehead atoms. The van der Waals surface area contributed by atoms with Crippen LogP contribution in [-0.4, -0.2) is 19.2 Å². The van der Waals surface area contributed by atoms with Gasteiger partial charge in [0.2, 0.25) is 0 Å². The number of carbonyl (C=O) groups is 1. The zero-order chi connectivity index (χ0) is 15.2. The molecule has 2 aromatic rings. The van der Waals surface area contributed by atoms with Gasteiger partial charge in [0, 0.05) is 20.6 Å². The van der Waals surface area contributed by atoms with Crippen molar-refractivity contribution >= 4 is 39.7 Å². The Bertz CT molecular complexity index is 672. The highest BCUT2D eigenvalue weighted by Crippen LogP contribution is 2.21. The number of rotatable bonds is 4. The molecule has 0 fully saturated rings. The molecule has 0 atom stereocenters. The Labute approximate surface area is 135 Å². The molecule has 0 unspecified atom stereocenters. The van der Waals surface area contributed by atoms with Gasteiger partial charge in [-0.2, -0.15) is 5.10 Å². The third kappa shape index (κ3) is 4.31. The van der Waals surface area contributed by atoms with Gasteiger partial charge in [-0.3, -0.25) is 4.79 Å². The van der Waals surface area contributed by atoms with E-state index in [1.54, 1.807) is 31.4 Å². The summed E-state index contributed by atoms with van der Waals surface area (Å²) in [5, 5.41) is 4.51. The quantitative estimate of drug-likeness (QED) is 0.659. The van der Waals surface area contributed by atoms with Crippen molar-refractivity contribution in [2.45, 2.75) is 0 Å². The Morgan fingerprint density at radius 1 is 1.29 bits per heavy atom. The topological polar surface area (TPSA) is 50.7 Å². The molecule has 0 aromatic heterocycles. The van der Waals surface area contributed by atoms with E-state index in [4.69, 9.17) is 16.3 Å². The van der Waals surface area contributed by atoms with Crippen molar-refractivity contribution in [1.82, 2.24) is 5.43 Å². The smallest absolute Gasteiger partial charge is 0.271 e. The molecule has 2 rings (SSSR count). The SMILES string of the molecule is COc1ccc(Br)cc1/C=N\NC(=O)c1ccc(Cl)cc1. The Morgan fingerprint density at radius 2 is 2.00 bits per heavy atom. The first kappa shape index (κ1) is 15.5. The zero-order valence-corrected chi connectivity index (χ0v) is 13.5. The van der Waals surface area contributed by atoms with Crippen LogP contribution in [0.4, 0.5) is 0 Å². The molecule has 0 saturated carbocycles. The van der Waals surface area contributed by atoms with Gasteiger partial charge in [0.25, 0.3) is 5.91 Å². The van der Waals surface area contributed by atoms with Gasteiger partial charge in [-0.05, 0) is 42.5 Å². The highest BCUT2D eigenvalue weighted by atomic mass is 79.9. The van der Waals surface area contributed by atoms with E-state index < -0.39 is 0 Å². The van der Waals surface area contributed by atoms with Crippen molar-refractivity contribution < 1.29 is 9.53 Å². The molecular formula is C15H12BrClN2O2. The first-order valence-corrected chi connectivity index (χ1v) is 7.20. The minimum atomic E-state index is -0.308. The summed E-state index contributed by atoms with van der Waals surface area (Å²) in [5.74, 6) is 0.361. The van der Waals surface area contributed by atoms with Gasteiger partial charge in [0.1, 0.15) is 5.75 Å². The first-order valence-electron chi connectivity index (χ1n) is 6.02. The monoisotopic (exact) mass is 366 g/mol. The maximum atomic E-state index is 11.9. The molecule has 4 nitrogen and oxygen atoms in total. The molecule has 2 aromatic carbocycles. The molecular weight excluding hydrogens is 356 g/mol. The number of hydrazone groups is 1. The normalized spacial score (nSPS) is 10.6. The lowest BCUT2D eigenvalue weighted by Gasteiger charge is -2.04. The predicted molar refractivity (Wildman–Crippen MR) is 87.2 cm³/mol. The number of nitrogens with one attached hydrogen (secondary N) is 1. The van der Waals surface area contributed by atoms with Crippen LogP contribution in [0.3, 0.4) is 0 Å². The number of carbonyl (C=O) groups excluding carboxylic acids is 1. The number of methoxy groups -OCH3 is 1. The third-order valence-corrected chi connectivity index (χ3v) is 3.41.